The molecule has 4 nitrogen and oxygen atoms in total. The average Bonchev–Trinajstić information content (AvgIpc) is 2.57. The quantitative estimate of drug-likeness (QED) is 0.936. The summed E-state index contributed by atoms with van der Waals surface area (Å²) in [6.07, 6.45) is 6.02. The lowest BCUT2D eigenvalue weighted by Crippen LogP contribution is -2.43. The normalized spacial score (nSPS) is 17.7. The Hall–Kier alpha value is -1.94. The van der Waals surface area contributed by atoms with Crippen LogP contribution in [-0.4, -0.2) is 29.1 Å². The maximum atomic E-state index is 4.43. The van der Waals surface area contributed by atoms with Crippen LogP contribution in [-0.2, 0) is 0 Å². The number of pyridine rings is 2. The molecule has 1 atom stereocenters. The molecule has 1 unspecified atom stereocenters. The highest BCUT2D eigenvalue weighted by Crippen LogP contribution is 2.19. The highest BCUT2D eigenvalue weighted by Gasteiger charge is 2.21. The van der Waals surface area contributed by atoms with E-state index in [9.17, 15) is 0 Å². The van der Waals surface area contributed by atoms with Crippen LogP contribution < -0.4 is 10.2 Å². The van der Waals surface area contributed by atoms with Gasteiger partial charge in [-0.15, -0.1) is 0 Å². The second-order valence-electron chi connectivity index (χ2n) is 5.59. The molecule has 1 N–H and O–H groups in total. The van der Waals surface area contributed by atoms with Gasteiger partial charge in [-0.25, -0.2) is 4.98 Å². The van der Waals surface area contributed by atoms with Crippen LogP contribution in [0.5, 0.6) is 0 Å². The first kappa shape index (κ1) is 14.0. The third-order valence-electron chi connectivity index (χ3n) is 4.09. The van der Waals surface area contributed by atoms with E-state index in [1.54, 1.807) is 0 Å². The van der Waals surface area contributed by atoms with Crippen molar-refractivity contribution in [2.75, 3.05) is 18.0 Å². The van der Waals surface area contributed by atoms with E-state index >= 15 is 0 Å². The lowest BCUT2D eigenvalue weighted by atomic mass is 10.0. The molecule has 0 bridgehead atoms. The van der Waals surface area contributed by atoms with Gasteiger partial charge in [0.1, 0.15) is 5.82 Å². The monoisotopic (exact) mass is 282 g/mol. The van der Waals surface area contributed by atoms with Crippen molar-refractivity contribution < 1.29 is 0 Å². The van der Waals surface area contributed by atoms with Gasteiger partial charge in [0.2, 0.25) is 0 Å². The topological polar surface area (TPSA) is 41.0 Å². The minimum Gasteiger partial charge on any atom is -0.357 e. The average molecular weight is 282 g/mol. The van der Waals surface area contributed by atoms with E-state index in [4.69, 9.17) is 0 Å². The molecule has 3 rings (SSSR count). The fourth-order valence-electron chi connectivity index (χ4n) is 2.89. The Labute approximate surface area is 126 Å². The summed E-state index contributed by atoms with van der Waals surface area (Å²) in [6, 6.07) is 13.1. The van der Waals surface area contributed by atoms with Crippen molar-refractivity contribution in [3.8, 4) is 0 Å². The number of rotatable bonds is 4. The lowest BCUT2D eigenvalue weighted by Gasteiger charge is -2.34. The second-order valence-corrected chi connectivity index (χ2v) is 5.59. The molecule has 0 radical (unpaired) electrons. The van der Waals surface area contributed by atoms with E-state index in [0.29, 0.717) is 12.1 Å². The minimum atomic E-state index is 0.303. The molecule has 1 aliphatic heterocycles. The summed E-state index contributed by atoms with van der Waals surface area (Å²) in [5.74, 6) is 1.09. The van der Waals surface area contributed by atoms with Crippen LogP contribution in [0.25, 0.3) is 0 Å². The van der Waals surface area contributed by atoms with Gasteiger partial charge in [-0.2, -0.15) is 0 Å². The van der Waals surface area contributed by atoms with Crippen LogP contribution in [0.15, 0.2) is 48.8 Å². The van der Waals surface area contributed by atoms with Crippen LogP contribution in [0.2, 0.25) is 0 Å². The van der Waals surface area contributed by atoms with Gasteiger partial charge in [-0.05, 0) is 44.0 Å². The highest BCUT2D eigenvalue weighted by atomic mass is 15.2. The summed E-state index contributed by atoms with van der Waals surface area (Å²) in [6.45, 7) is 4.31. The van der Waals surface area contributed by atoms with Crippen LogP contribution in [0.4, 0.5) is 5.82 Å². The number of hydrogen-bond acceptors (Lipinski definition) is 4. The first-order chi connectivity index (χ1) is 10.3. The molecule has 1 saturated heterocycles. The Morgan fingerprint density at radius 3 is 2.38 bits per heavy atom. The zero-order chi connectivity index (χ0) is 14.5. The fraction of sp³-hybridized carbons (Fsp3) is 0.412. The Kier molecular flexibility index (Phi) is 4.46. The molecule has 0 aliphatic carbocycles. The molecule has 0 saturated carbocycles. The standard InChI is InChI=1S/C17H22N4/c1-14(16-6-2-4-10-18-16)20-15-8-12-21(13-9-15)17-7-3-5-11-19-17/h2-7,10-11,14-15,20H,8-9,12-13H2,1H3. The predicted octanol–water partition coefficient (Wildman–Crippen LogP) is 2.80. The summed E-state index contributed by atoms with van der Waals surface area (Å²) in [5.41, 5.74) is 1.12. The number of nitrogens with one attached hydrogen (secondary N) is 1. The molecular weight excluding hydrogens is 260 g/mol. The molecule has 1 fully saturated rings. The summed E-state index contributed by atoms with van der Waals surface area (Å²) >= 11 is 0. The maximum absolute atomic E-state index is 4.43. The molecule has 2 aromatic rings. The van der Waals surface area contributed by atoms with Crippen molar-refractivity contribution in [3.05, 3.63) is 54.5 Å². The Morgan fingerprint density at radius 1 is 1.05 bits per heavy atom. The summed E-state index contributed by atoms with van der Waals surface area (Å²) in [4.78, 5) is 11.2. The van der Waals surface area contributed by atoms with Gasteiger partial charge in [-0.3, -0.25) is 4.98 Å². The predicted molar refractivity (Wildman–Crippen MR) is 85.3 cm³/mol. The number of hydrogen-bond donors (Lipinski definition) is 1. The van der Waals surface area contributed by atoms with Gasteiger partial charge >= 0.3 is 0 Å². The van der Waals surface area contributed by atoms with Gasteiger partial charge in [-0.1, -0.05) is 12.1 Å². The van der Waals surface area contributed by atoms with Crippen LogP contribution in [0.3, 0.4) is 0 Å². The SMILES string of the molecule is CC(NC1CCN(c2ccccn2)CC1)c1ccccn1. The van der Waals surface area contributed by atoms with Gasteiger partial charge in [0, 0.05) is 37.6 Å². The summed E-state index contributed by atoms with van der Waals surface area (Å²) in [7, 11) is 0. The molecule has 1 aliphatic rings. The van der Waals surface area contributed by atoms with Crippen molar-refractivity contribution in [1.29, 1.82) is 0 Å². The largest absolute Gasteiger partial charge is 0.357 e. The summed E-state index contributed by atoms with van der Waals surface area (Å²) < 4.78 is 0. The first-order valence-electron chi connectivity index (χ1n) is 7.66. The van der Waals surface area contributed by atoms with Crippen LogP contribution >= 0.6 is 0 Å². The number of anilines is 1. The number of piperidine rings is 1. The Balaban J connectivity index is 1.52. The van der Waals surface area contributed by atoms with Crippen LogP contribution in [0.1, 0.15) is 31.5 Å². The molecular formula is C17H22N4. The minimum absolute atomic E-state index is 0.303. The van der Waals surface area contributed by atoms with Gasteiger partial charge in [0.25, 0.3) is 0 Å². The van der Waals surface area contributed by atoms with E-state index in [-0.39, 0.29) is 0 Å². The molecule has 3 heterocycles. The van der Waals surface area contributed by atoms with E-state index in [0.717, 1.165) is 37.4 Å². The number of aromatic nitrogens is 2. The number of nitrogens with zero attached hydrogens (tertiary/aromatic N) is 3. The molecule has 0 amide bonds. The van der Waals surface area contributed by atoms with Gasteiger partial charge in [0.15, 0.2) is 0 Å². The summed E-state index contributed by atoms with van der Waals surface area (Å²) in [5, 5.41) is 3.70. The van der Waals surface area contributed by atoms with E-state index < -0.39 is 0 Å². The van der Waals surface area contributed by atoms with Crippen molar-refractivity contribution in [3.63, 3.8) is 0 Å². The Morgan fingerprint density at radius 2 is 1.76 bits per heavy atom. The molecule has 110 valence electrons. The molecule has 0 spiro atoms. The zero-order valence-electron chi connectivity index (χ0n) is 12.4. The van der Waals surface area contributed by atoms with Crippen molar-refractivity contribution in [2.45, 2.75) is 31.8 Å². The smallest absolute Gasteiger partial charge is 0.128 e. The maximum Gasteiger partial charge on any atom is 0.128 e. The molecule has 0 aromatic carbocycles. The first-order valence-corrected chi connectivity index (χ1v) is 7.66. The van der Waals surface area contributed by atoms with E-state index in [2.05, 4.69) is 45.3 Å². The highest BCUT2D eigenvalue weighted by molar-refractivity contribution is 5.38. The van der Waals surface area contributed by atoms with Crippen molar-refractivity contribution in [2.24, 2.45) is 0 Å². The van der Waals surface area contributed by atoms with E-state index in [1.807, 2.05) is 30.6 Å². The Bertz CT molecular complexity index is 535. The lowest BCUT2D eigenvalue weighted by molar-refractivity contribution is 0.377. The molecule has 21 heavy (non-hydrogen) atoms. The molecule has 4 heteroatoms. The van der Waals surface area contributed by atoms with Crippen LogP contribution in [0, 0.1) is 0 Å². The van der Waals surface area contributed by atoms with Crippen molar-refractivity contribution >= 4 is 5.82 Å². The second kappa shape index (κ2) is 6.68. The van der Waals surface area contributed by atoms with Gasteiger partial charge in [0.05, 0.1) is 5.69 Å². The fourth-order valence-corrected chi connectivity index (χ4v) is 2.89. The zero-order valence-corrected chi connectivity index (χ0v) is 12.4. The third-order valence-corrected chi connectivity index (χ3v) is 4.09. The molecule has 2 aromatic heterocycles. The van der Waals surface area contributed by atoms with Gasteiger partial charge < -0.3 is 10.2 Å². The van der Waals surface area contributed by atoms with E-state index in [1.165, 1.54) is 0 Å². The van der Waals surface area contributed by atoms with Crippen molar-refractivity contribution in [1.82, 2.24) is 15.3 Å². The third kappa shape index (κ3) is 3.58.